The second-order valence-corrected chi connectivity index (χ2v) is 7.62. The number of sulfonamides is 1. The zero-order chi connectivity index (χ0) is 14.9. The number of nitrogens with one attached hydrogen (secondary N) is 1. The highest BCUT2D eigenvalue weighted by Crippen LogP contribution is 2.27. The summed E-state index contributed by atoms with van der Waals surface area (Å²) in [6.45, 7) is 1.21. The van der Waals surface area contributed by atoms with Gasteiger partial charge in [-0.2, -0.15) is 4.31 Å². The van der Waals surface area contributed by atoms with Gasteiger partial charge in [-0.05, 0) is 43.0 Å². The van der Waals surface area contributed by atoms with Crippen LogP contribution in [-0.2, 0) is 21.2 Å². The number of hydrogen-bond acceptors (Lipinski definition) is 3. The Labute approximate surface area is 125 Å². The minimum Gasteiger partial charge on any atom is -0.326 e. The lowest BCUT2D eigenvalue weighted by atomic mass is 10.0. The van der Waals surface area contributed by atoms with E-state index in [0.717, 1.165) is 36.9 Å². The lowest BCUT2D eigenvalue weighted by molar-refractivity contribution is -0.116. The van der Waals surface area contributed by atoms with Gasteiger partial charge in [0.25, 0.3) is 0 Å². The summed E-state index contributed by atoms with van der Waals surface area (Å²) in [6, 6.07) is 5.02. The molecule has 0 spiro atoms. The maximum Gasteiger partial charge on any atom is 0.243 e. The smallest absolute Gasteiger partial charge is 0.243 e. The normalized spacial score (nSPS) is 20.5. The van der Waals surface area contributed by atoms with Crippen LogP contribution in [0, 0.1) is 0 Å². The first-order chi connectivity index (χ1) is 10.1. The lowest BCUT2D eigenvalue weighted by Crippen LogP contribution is -2.32. The minimum atomic E-state index is -3.41. The molecule has 0 saturated carbocycles. The van der Waals surface area contributed by atoms with Crippen molar-refractivity contribution in [2.75, 3.05) is 18.4 Å². The van der Waals surface area contributed by atoms with Crippen molar-refractivity contribution >= 4 is 21.6 Å². The van der Waals surface area contributed by atoms with Crippen LogP contribution in [0.2, 0.25) is 0 Å². The molecule has 0 aromatic heterocycles. The standard InChI is InChI=1S/C15H20N2O3S/c18-15-8-5-12-11-13(6-7-14(12)16-15)21(19,20)17-9-3-1-2-4-10-17/h6-7,11H,1-5,8-10H2,(H,16,18). The summed E-state index contributed by atoms with van der Waals surface area (Å²) >= 11 is 0. The van der Waals surface area contributed by atoms with Crippen LogP contribution in [0.3, 0.4) is 0 Å². The first-order valence-electron chi connectivity index (χ1n) is 7.50. The molecule has 114 valence electrons. The number of benzene rings is 1. The van der Waals surface area contributed by atoms with E-state index >= 15 is 0 Å². The third kappa shape index (κ3) is 2.96. The van der Waals surface area contributed by atoms with Crippen molar-refractivity contribution in [2.45, 2.75) is 43.4 Å². The predicted octanol–water partition coefficient (Wildman–Crippen LogP) is 2.14. The van der Waals surface area contributed by atoms with Crippen molar-refractivity contribution in [3.05, 3.63) is 23.8 Å². The van der Waals surface area contributed by atoms with Gasteiger partial charge in [0.2, 0.25) is 15.9 Å². The second-order valence-electron chi connectivity index (χ2n) is 5.69. The Morgan fingerprint density at radius 2 is 1.71 bits per heavy atom. The van der Waals surface area contributed by atoms with Gasteiger partial charge in [0.15, 0.2) is 0 Å². The van der Waals surface area contributed by atoms with Crippen molar-refractivity contribution in [3.8, 4) is 0 Å². The number of nitrogens with zero attached hydrogens (tertiary/aromatic N) is 1. The van der Waals surface area contributed by atoms with E-state index in [4.69, 9.17) is 0 Å². The fourth-order valence-corrected chi connectivity index (χ4v) is 4.52. The number of amides is 1. The van der Waals surface area contributed by atoms with Gasteiger partial charge in [0.05, 0.1) is 4.90 Å². The topological polar surface area (TPSA) is 66.5 Å². The number of anilines is 1. The fraction of sp³-hybridized carbons (Fsp3) is 0.533. The Bertz CT molecular complexity index is 647. The Hall–Kier alpha value is -1.40. The molecular weight excluding hydrogens is 288 g/mol. The van der Waals surface area contributed by atoms with Gasteiger partial charge < -0.3 is 5.32 Å². The van der Waals surface area contributed by atoms with Gasteiger partial charge in [0.1, 0.15) is 0 Å². The molecular formula is C15H20N2O3S. The van der Waals surface area contributed by atoms with E-state index in [0.29, 0.717) is 30.8 Å². The molecule has 21 heavy (non-hydrogen) atoms. The molecule has 1 amide bonds. The van der Waals surface area contributed by atoms with E-state index in [2.05, 4.69) is 5.32 Å². The molecule has 5 nitrogen and oxygen atoms in total. The van der Waals surface area contributed by atoms with Gasteiger partial charge in [-0.25, -0.2) is 8.42 Å². The van der Waals surface area contributed by atoms with Crippen LogP contribution in [0.15, 0.2) is 23.1 Å². The Balaban J connectivity index is 1.90. The molecule has 0 unspecified atom stereocenters. The van der Waals surface area contributed by atoms with Gasteiger partial charge in [0, 0.05) is 25.2 Å². The molecule has 1 N–H and O–H groups in total. The lowest BCUT2D eigenvalue weighted by Gasteiger charge is -2.22. The minimum absolute atomic E-state index is 0.00868. The summed E-state index contributed by atoms with van der Waals surface area (Å²) in [4.78, 5) is 11.7. The Kier molecular flexibility index (Phi) is 3.99. The number of aryl methyl sites for hydroxylation is 1. The van der Waals surface area contributed by atoms with E-state index in [9.17, 15) is 13.2 Å². The monoisotopic (exact) mass is 308 g/mol. The number of fused-ring (bicyclic) bond motifs is 1. The molecule has 2 aliphatic rings. The molecule has 2 aliphatic heterocycles. The molecule has 3 rings (SSSR count). The quantitative estimate of drug-likeness (QED) is 0.910. The summed E-state index contributed by atoms with van der Waals surface area (Å²) in [5, 5.41) is 2.78. The highest BCUT2D eigenvalue weighted by atomic mass is 32.2. The van der Waals surface area contributed by atoms with Crippen LogP contribution in [0.5, 0.6) is 0 Å². The maximum absolute atomic E-state index is 12.7. The summed E-state index contributed by atoms with van der Waals surface area (Å²) < 4.78 is 27.1. The van der Waals surface area contributed by atoms with Crippen LogP contribution in [0.25, 0.3) is 0 Å². The zero-order valence-electron chi connectivity index (χ0n) is 12.0. The van der Waals surface area contributed by atoms with Crippen LogP contribution in [-0.4, -0.2) is 31.7 Å². The molecule has 2 heterocycles. The van der Waals surface area contributed by atoms with Gasteiger partial charge in [-0.3, -0.25) is 4.79 Å². The van der Waals surface area contributed by atoms with E-state index in [1.165, 1.54) is 0 Å². The van der Waals surface area contributed by atoms with Gasteiger partial charge >= 0.3 is 0 Å². The third-order valence-electron chi connectivity index (χ3n) is 4.18. The number of hydrogen-bond donors (Lipinski definition) is 1. The number of rotatable bonds is 2. The maximum atomic E-state index is 12.7. The van der Waals surface area contributed by atoms with Gasteiger partial charge in [-0.15, -0.1) is 0 Å². The third-order valence-corrected chi connectivity index (χ3v) is 6.07. The molecule has 1 aromatic rings. The van der Waals surface area contributed by atoms with Gasteiger partial charge in [-0.1, -0.05) is 12.8 Å². The van der Waals surface area contributed by atoms with E-state index < -0.39 is 10.0 Å². The Morgan fingerprint density at radius 1 is 1.00 bits per heavy atom. The van der Waals surface area contributed by atoms with Crippen molar-refractivity contribution < 1.29 is 13.2 Å². The largest absolute Gasteiger partial charge is 0.326 e. The molecule has 6 heteroatoms. The number of carbonyl (C=O) groups excluding carboxylic acids is 1. The number of carbonyl (C=O) groups is 1. The summed E-state index contributed by atoms with van der Waals surface area (Å²) in [5.41, 5.74) is 1.64. The predicted molar refractivity (Wildman–Crippen MR) is 80.6 cm³/mol. The molecule has 0 bridgehead atoms. The van der Waals surface area contributed by atoms with Crippen molar-refractivity contribution in [1.82, 2.24) is 4.31 Å². The molecule has 0 radical (unpaired) electrons. The van der Waals surface area contributed by atoms with Crippen molar-refractivity contribution in [3.63, 3.8) is 0 Å². The van der Waals surface area contributed by atoms with Crippen LogP contribution < -0.4 is 5.32 Å². The zero-order valence-corrected chi connectivity index (χ0v) is 12.8. The SMILES string of the molecule is O=C1CCc2cc(S(=O)(=O)N3CCCCCC3)ccc2N1. The molecule has 1 saturated heterocycles. The van der Waals surface area contributed by atoms with Crippen LogP contribution >= 0.6 is 0 Å². The van der Waals surface area contributed by atoms with Crippen LogP contribution in [0.1, 0.15) is 37.7 Å². The fourth-order valence-electron chi connectivity index (χ4n) is 2.95. The van der Waals surface area contributed by atoms with Crippen molar-refractivity contribution in [1.29, 1.82) is 0 Å². The highest BCUT2D eigenvalue weighted by molar-refractivity contribution is 7.89. The summed E-state index contributed by atoms with van der Waals surface area (Å²) in [5.74, 6) is -0.00868. The molecule has 0 atom stereocenters. The molecule has 1 aromatic carbocycles. The summed E-state index contributed by atoms with van der Waals surface area (Å²) in [7, 11) is -3.41. The van der Waals surface area contributed by atoms with E-state index in [1.807, 2.05) is 0 Å². The van der Waals surface area contributed by atoms with Crippen LogP contribution in [0.4, 0.5) is 5.69 Å². The van der Waals surface area contributed by atoms with E-state index in [-0.39, 0.29) is 5.91 Å². The van der Waals surface area contributed by atoms with E-state index in [1.54, 1.807) is 22.5 Å². The summed E-state index contributed by atoms with van der Waals surface area (Å²) in [6.07, 6.45) is 5.08. The highest BCUT2D eigenvalue weighted by Gasteiger charge is 2.26. The molecule has 0 aliphatic carbocycles. The van der Waals surface area contributed by atoms with Crippen molar-refractivity contribution in [2.24, 2.45) is 0 Å². The first kappa shape index (κ1) is 14.5. The second kappa shape index (κ2) is 5.77. The first-order valence-corrected chi connectivity index (χ1v) is 8.94. The average molecular weight is 308 g/mol. The molecule has 1 fully saturated rings. The average Bonchev–Trinajstić information content (AvgIpc) is 2.76. The Morgan fingerprint density at radius 3 is 2.43 bits per heavy atom.